The number of hydrogen-bond acceptors (Lipinski definition) is 2. The number of nitrogens with zero attached hydrogens (tertiary/aromatic N) is 2. The molecule has 2 nitrogen and oxygen atoms in total. The molecule has 0 bridgehead atoms. The van der Waals surface area contributed by atoms with Crippen molar-refractivity contribution in [3.63, 3.8) is 0 Å². The number of likely N-dealkylation sites (tertiary alicyclic amines) is 2. The average molecular weight is 278 g/mol. The van der Waals surface area contributed by atoms with E-state index in [0.717, 1.165) is 23.9 Å². The van der Waals surface area contributed by atoms with Crippen molar-refractivity contribution in [1.29, 1.82) is 0 Å². The van der Waals surface area contributed by atoms with Crippen LogP contribution in [0, 0.1) is 17.3 Å². The van der Waals surface area contributed by atoms with Crippen molar-refractivity contribution >= 4 is 0 Å². The van der Waals surface area contributed by atoms with Gasteiger partial charge in [-0.15, -0.1) is 0 Å². The summed E-state index contributed by atoms with van der Waals surface area (Å²) in [5.41, 5.74) is 1.02. The van der Waals surface area contributed by atoms with Crippen molar-refractivity contribution < 1.29 is 0 Å². The summed E-state index contributed by atoms with van der Waals surface area (Å²) in [7, 11) is 2.28. The molecule has 1 aliphatic carbocycles. The average Bonchev–Trinajstić information content (AvgIpc) is 2.94. The molecule has 116 valence electrons. The number of hydrogen-bond donors (Lipinski definition) is 0. The Kier molecular flexibility index (Phi) is 3.49. The van der Waals surface area contributed by atoms with E-state index in [0.29, 0.717) is 11.0 Å². The number of rotatable bonds is 2. The predicted molar refractivity (Wildman–Crippen MR) is 85.9 cm³/mol. The van der Waals surface area contributed by atoms with Gasteiger partial charge in [-0.2, -0.15) is 0 Å². The molecule has 0 N–H and O–H groups in total. The van der Waals surface area contributed by atoms with E-state index in [1.54, 1.807) is 0 Å². The molecule has 2 saturated heterocycles. The van der Waals surface area contributed by atoms with Gasteiger partial charge in [-0.3, -0.25) is 4.90 Å². The van der Waals surface area contributed by atoms with E-state index < -0.39 is 0 Å². The molecular formula is C18H34N2. The fourth-order valence-electron chi connectivity index (χ4n) is 5.65. The highest BCUT2D eigenvalue weighted by atomic mass is 15.3. The Morgan fingerprint density at radius 2 is 1.70 bits per heavy atom. The molecule has 3 rings (SSSR count). The van der Waals surface area contributed by atoms with Gasteiger partial charge >= 0.3 is 0 Å². The van der Waals surface area contributed by atoms with E-state index in [9.17, 15) is 0 Å². The maximum atomic E-state index is 2.83. The van der Waals surface area contributed by atoms with Crippen molar-refractivity contribution in [2.45, 2.75) is 77.9 Å². The SMILES string of the molecule is CC(C1CCN(C)CC1)[C@]12CC1N(C(C)(C)C)[C@H](C)C2. The first kappa shape index (κ1) is 14.8. The van der Waals surface area contributed by atoms with E-state index in [-0.39, 0.29) is 0 Å². The minimum absolute atomic E-state index is 0.342. The molecule has 0 aromatic heterocycles. The predicted octanol–water partition coefficient (Wildman–Crippen LogP) is 3.62. The Morgan fingerprint density at radius 3 is 2.20 bits per heavy atom. The lowest BCUT2D eigenvalue weighted by Crippen LogP contribution is -2.45. The third-order valence-corrected chi connectivity index (χ3v) is 6.71. The molecule has 1 saturated carbocycles. The Hall–Kier alpha value is -0.0800. The molecule has 4 atom stereocenters. The van der Waals surface area contributed by atoms with Crippen LogP contribution in [0.5, 0.6) is 0 Å². The summed E-state index contributed by atoms with van der Waals surface area (Å²) in [5, 5.41) is 0. The highest BCUT2D eigenvalue weighted by Crippen LogP contribution is 2.67. The molecule has 2 aliphatic heterocycles. The van der Waals surface area contributed by atoms with Crippen LogP contribution in [0.2, 0.25) is 0 Å². The first-order valence-corrected chi connectivity index (χ1v) is 8.73. The minimum Gasteiger partial charge on any atom is -0.306 e. The van der Waals surface area contributed by atoms with Gasteiger partial charge in [0.1, 0.15) is 0 Å². The van der Waals surface area contributed by atoms with Crippen LogP contribution in [0.1, 0.15) is 60.3 Å². The van der Waals surface area contributed by atoms with E-state index in [4.69, 9.17) is 0 Å². The van der Waals surface area contributed by atoms with E-state index in [1.165, 1.54) is 38.8 Å². The number of piperidine rings is 2. The monoisotopic (exact) mass is 278 g/mol. The van der Waals surface area contributed by atoms with Crippen LogP contribution in [-0.2, 0) is 0 Å². The Bertz CT molecular complexity index is 364. The Morgan fingerprint density at radius 1 is 1.10 bits per heavy atom. The number of fused-ring (bicyclic) bond motifs is 1. The lowest BCUT2D eigenvalue weighted by atomic mass is 9.74. The molecule has 0 amide bonds. The second-order valence-electron chi connectivity index (χ2n) is 9.01. The molecule has 0 spiro atoms. The topological polar surface area (TPSA) is 6.48 Å². The second-order valence-corrected chi connectivity index (χ2v) is 9.01. The Balaban J connectivity index is 1.70. The highest BCUT2D eigenvalue weighted by Gasteiger charge is 2.67. The fourth-order valence-corrected chi connectivity index (χ4v) is 5.65. The summed E-state index contributed by atoms with van der Waals surface area (Å²) < 4.78 is 0. The summed E-state index contributed by atoms with van der Waals surface area (Å²) in [5.74, 6) is 1.90. The van der Waals surface area contributed by atoms with E-state index >= 15 is 0 Å². The molecule has 2 heterocycles. The van der Waals surface area contributed by atoms with Crippen molar-refractivity contribution in [2.24, 2.45) is 17.3 Å². The fraction of sp³-hybridized carbons (Fsp3) is 1.00. The smallest absolute Gasteiger partial charge is 0.0169 e. The molecule has 3 aliphatic rings. The molecule has 2 unspecified atom stereocenters. The molecule has 20 heavy (non-hydrogen) atoms. The van der Waals surface area contributed by atoms with Crippen molar-refractivity contribution in [3.05, 3.63) is 0 Å². The van der Waals surface area contributed by atoms with Crippen LogP contribution in [0.3, 0.4) is 0 Å². The van der Waals surface area contributed by atoms with Gasteiger partial charge in [0.05, 0.1) is 0 Å². The van der Waals surface area contributed by atoms with Gasteiger partial charge in [0, 0.05) is 17.6 Å². The lowest BCUT2D eigenvalue weighted by molar-refractivity contribution is 0.103. The molecular weight excluding hydrogens is 244 g/mol. The maximum absolute atomic E-state index is 2.83. The quantitative estimate of drug-likeness (QED) is 0.761. The summed E-state index contributed by atoms with van der Waals surface area (Å²) in [6.07, 6.45) is 5.77. The van der Waals surface area contributed by atoms with Crippen molar-refractivity contribution in [3.8, 4) is 0 Å². The van der Waals surface area contributed by atoms with E-state index in [2.05, 4.69) is 51.5 Å². The largest absolute Gasteiger partial charge is 0.306 e. The van der Waals surface area contributed by atoms with Crippen LogP contribution in [0.25, 0.3) is 0 Å². The standard InChI is InChI=1S/C18H34N2/c1-13-11-18(12-16(18)20(13)17(3,4)5)14(2)15-7-9-19(6)10-8-15/h13-16H,7-12H2,1-6H3/t13-,14?,16?,18+/m1/s1. The van der Waals surface area contributed by atoms with Crippen LogP contribution in [0.4, 0.5) is 0 Å². The molecule has 0 aromatic rings. The first-order chi connectivity index (χ1) is 9.25. The molecule has 2 heteroatoms. The van der Waals surface area contributed by atoms with E-state index in [1.807, 2.05) is 0 Å². The van der Waals surface area contributed by atoms with Crippen LogP contribution in [-0.4, -0.2) is 47.6 Å². The van der Waals surface area contributed by atoms with Crippen LogP contribution >= 0.6 is 0 Å². The van der Waals surface area contributed by atoms with Crippen molar-refractivity contribution in [1.82, 2.24) is 9.80 Å². The summed E-state index contributed by atoms with van der Waals surface area (Å²) in [6.45, 7) is 14.9. The normalized spacial score (nSPS) is 41.7. The highest BCUT2D eigenvalue weighted by molar-refractivity contribution is 5.20. The molecule has 0 radical (unpaired) electrons. The summed E-state index contributed by atoms with van der Waals surface area (Å²) >= 11 is 0. The zero-order chi connectivity index (χ0) is 14.7. The summed E-state index contributed by atoms with van der Waals surface area (Å²) in [6, 6.07) is 1.66. The van der Waals surface area contributed by atoms with Crippen molar-refractivity contribution in [2.75, 3.05) is 20.1 Å². The summed E-state index contributed by atoms with van der Waals surface area (Å²) in [4.78, 5) is 5.34. The van der Waals surface area contributed by atoms with Gasteiger partial charge in [0.2, 0.25) is 0 Å². The van der Waals surface area contributed by atoms with Gasteiger partial charge in [-0.1, -0.05) is 6.92 Å². The second kappa shape index (κ2) is 4.71. The van der Waals surface area contributed by atoms with Gasteiger partial charge < -0.3 is 4.90 Å². The van der Waals surface area contributed by atoms with Gasteiger partial charge in [0.25, 0.3) is 0 Å². The zero-order valence-corrected chi connectivity index (χ0v) is 14.4. The maximum Gasteiger partial charge on any atom is 0.0169 e. The Labute approximate surface area is 125 Å². The first-order valence-electron chi connectivity index (χ1n) is 8.73. The van der Waals surface area contributed by atoms with Crippen LogP contribution in [0.15, 0.2) is 0 Å². The molecule has 3 fully saturated rings. The molecule has 0 aromatic carbocycles. The lowest BCUT2D eigenvalue weighted by Gasteiger charge is -2.37. The minimum atomic E-state index is 0.342. The zero-order valence-electron chi connectivity index (χ0n) is 14.4. The van der Waals surface area contributed by atoms with Gasteiger partial charge in [0.15, 0.2) is 0 Å². The third-order valence-electron chi connectivity index (χ3n) is 6.71. The van der Waals surface area contributed by atoms with Gasteiger partial charge in [-0.25, -0.2) is 0 Å². The van der Waals surface area contributed by atoms with Gasteiger partial charge in [-0.05, 0) is 90.8 Å². The third kappa shape index (κ3) is 2.23. The van der Waals surface area contributed by atoms with Crippen LogP contribution < -0.4 is 0 Å².